The van der Waals surface area contributed by atoms with E-state index in [9.17, 15) is 13.2 Å². The van der Waals surface area contributed by atoms with Gasteiger partial charge in [0.2, 0.25) is 5.91 Å². The molecule has 0 aliphatic rings. The SMILES string of the molecule is CCCCOc1ccc(NC(=O)C(C)Sc2ccc(NS(=O)(=O)c3ccc(C)cc3)cc2)cc1. The molecule has 3 aromatic rings. The number of hydrogen-bond acceptors (Lipinski definition) is 5. The van der Waals surface area contributed by atoms with Gasteiger partial charge in [-0.2, -0.15) is 0 Å². The van der Waals surface area contributed by atoms with E-state index in [0.29, 0.717) is 18.0 Å². The number of amides is 1. The van der Waals surface area contributed by atoms with Gasteiger partial charge in [0.15, 0.2) is 0 Å². The van der Waals surface area contributed by atoms with Crippen molar-refractivity contribution in [2.24, 2.45) is 0 Å². The number of sulfonamides is 1. The highest BCUT2D eigenvalue weighted by atomic mass is 32.2. The van der Waals surface area contributed by atoms with Crippen molar-refractivity contribution in [2.45, 2.75) is 48.7 Å². The Bertz CT molecular complexity index is 1180. The number of thioether (sulfide) groups is 1. The molecule has 0 aliphatic heterocycles. The van der Waals surface area contributed by atoms with Crippen molar-refractivity contribution in [3.05, 3.63) is 78.4 Å². The highest BCUT2D eigenvalue weighted by Crippen LogP contribution is 2.27. The standard InChI is InChI=1S/C26H30N2O4S2/c1-4-5-18-32-23-12-8-21(9-13-23)27-26(29)20(3)33-24-14-10-22(11-15-24)28-34(30,31)25-16-6-19(2)7-17-25/h6-17,20,28H,4-5,18H2,1-3H3,(H,27,29). The van der Waals surface area contributed by atoms with Crippen molar-refractivity contribution in [1.29, 1.82) is 0 Å². The van der Waals surface area contributed by atoms with Crippen LogP contribution in [-0.2, 0) is 14.8 Å². The van der Waals surface area contributed by atoms with Crippen molar-refractivity contribution in [3.8, 4) is 5.75 Å². The number of nitrogens with one attached hydrogen (secondary N) is 2. The van der Waals surface area contributed by atoms with Gasteiger partial charge >= 0.3 is 0 Å². The average molecular weight is 499 g/mol. The summed E-state index contributed by atoms with van der Waals surface area (Å²) in [5, 5.41) is 2.58. The van der Waals surface area contributed by atoms with Gasteiger partial charge in [-0.05, 0) is 80.9 Å². The minimum Gasteiger partial charge on any atom is -0.494 e. The molecule has 0 bridgehead atoms. The van der Waals surface area contributed by atoms with E-state index in [1.807, 2.05) is 38.1 Å². The third-order valence-corrected chi connectivity index (χ3v) is 7.52. The van der Waals surface area contributed by atoms with Crippen molar-refractivity contribution >= 4 is 39.1 Å². The normalized spacial score (nSPS) is 12.1. The molecule has 0 spiro atoms. The molecule has 34 heavy (non-hydrogen) atoms. The lowest BCUT2D eigenvalue weighted by molar-refractivity contribution is -0.115. The molecule has 0 heterocycles. The molecule has 0 saturated heterocycles. The molecule has 180 valence electrons. The lowest BCUT2D eigenvalue weighted by atomic mass is 10.2. The fourth-order valence-corrected chi connectivity index (χ4v) is 4.93. The van der Waals surface area contributed by atoms with Crippen LogP contribution in [0.25, 0.3) is 0 Å². The van der Waals surface area contributed by atoms with Gasteiger partial charge in [0.25, 0.3) is 10.0 Å². The smallest absolute Gasteiger partial charge is 0.261 e. The van der Waals surface area contributed by atoms with Gasteiger partial charge in [-0.25, -0.2) is 8.42 Å². The molecule has 3 rings (SSSR count). The van der Waals surface area contributed by atoms with E-state index < -0.39 is 10.0 Å². The number of carbonyl (C=O) groups is 1. The molecule has 3 aromatic carbocycles. The Morgan fingerprint density at radius 2 is 1.56 bits per heavy atom. The van der Waals surface area contributed by atoms with E-state index in [0.717, 1.165) is 29.1 Å². The first kappa shape index (κ1) is 25.6. The fourth-order valence-electron chi connectivity index (χ4n) is 3.00. The van der Waals surface area contributed by atoms with E-state index in [1.54, 1.807) is 48.5 Å². The van der Waals surface area contributed by atoms with Crippen LogP contribution in [0.2, 0.25) is 0 Å². The van der Waals surface area contributed by atoms with Crippen LogP contribution in [0.1, 0.15) is 32.3 Å². The molecule has 0 radical (unpaired) electrons. The second-order valence-electron chi connectivity index (χ2n) is 7.92. The van der Waals surface area contributed by atoms with Crippen LogP contribution in [0.3, 0.4) is 0 Å². The van der Waals surface area contributed by atoms with E-state index in [1.165, 1.54) is 11.8 Å². The fraction of sp³-hybridized carbons (Fsp3) is 0.269. The lowest BCUT2D eigenvalue weighted by Gasteiger charge is -2.13. The van der Waals surface area contributed by atoms with Crippen molar-refractivity contribution < 1.29 is 17.9 Å². The molecule has 1 atom stereocenters. The van der Waals surface area contributed by atoms with Gasteiger partial charge in [0.1, 0.15) is 5.75 Å². The molecule has 8 heteroatoms. The van der Waals surface area contributed by atoms with Crippen LogP contribution >= 0.6 is 11.8 Å². The summed E-state index contributed by atoms with van der Waals surface area (Å²) in [6.45, 7) is 6.53. The highest BCUT2D eigenvalue weighted by Gasteiger charge is 2.16. The van der Waals surface area contributed by atoms with Crippen LogP contribution in [0, 0.1) is 6.92 Å². The van der Waals surface area contributed by atoms with Crippen LogP contribution in [0.4, 0.5) is 11.4 Å². The Labute approximate surface area is 206 Å². The second kappa shape index (κ2) is 11.9. The summed E-state index contributed by atoms with van der Waals surface area (Å²) in [7, 11) is -3.65. The maximum atomic E-state index is 12.6. The van der Waals surface area contributed by atoms with Gasteiger partial charge in [-0.15, -0.1) is 11.8 Å². The maximum Gasteiger partial charge on any atom is 0.261 e. The summed E-state index contributed by atoms with van der Waals surface area (Å²) < 4.78 is 33.3. The third kappa shape index (κ3) is 7.53. The molecular weight excluding hydrogens is 468 g/mol. The number of carbonyl (C=O) groups excluding carboxylic acids is 1. The number of aryl methyl sites for hydroxylation is 1. The molecule has 0 aromatic heterocycles. The monoisotopic (exact) mass is 498 g/mol. The van der Waals surface area contributed by atoms with Crippen LogP contribution in [-0.4, -0.2) is 26.2 Å². The summed E-state index contributed by atoms with van der Waals surface area (Å²) in [4.78, 5) is 13.7. The largest absolute Gasteiger partial charge is 0.494 e. The number of ether oxygens (including phenoxy) is 1. The molecule has 6 nitrogen and oxygen atoms in total. The average Bonchev–Trinajstić information content (AvgIpc) is 2.81. The molecular formula is C26H30N2O4S2. The lowest BCUT2D eigenvalue weighted by Crippen LogP contribution is -2.22. The van der Waals surface area contributed by atoms with E-state index >= 15 is 0 Å². The maximum absolute atomic E-state index is 12.6. The highest BCUT2D eigenvalue weighted by molar-refractivity contribution is 8.00. The van der Waals surface area contributed by atoms with E-state index in [-0.39, 0.29) is 16.1 Å². The Morgan fingerprint density at radius 3 is 2.18 bits per heavy atom. The minimum atomic E-state index is -3.65. The molecule has 1 unspecified atom stereocenters. The molecule has 2 N–H and O–H groups in total. The van der Waals surface area contributed by atoms with Gasteiger partial charge in [-0.3, -0.25) is 9.52 Å². The molecule has 0 fully saturated rings. The second-order valence-corrected chi connectivity index (χ2v) is 11.0. The first-order valence-corrected chi connectivity index (χ1v) is 13.5. The Morgan fingerprint density at radius 1 is 0.941 bits per heavy atom. The topological polar surface area (TPSA) is 84.5 Å². The number of benzene rings is 3. The van der Waals surface area contributed by atoms with Crippen molar-refractivity contribution in [2.75, 3.05) is 16.6 Å². The van der Waals surface area contributed by atoms with Crippen LogP contribution < -0.4 is 14.8 Å². The van der Waals surface area contributed by atoms with E-state index in [4.69, 9.17) is 4.74 Å². The summed E-state index contributed by atoms with van der Waals surface area (Å²) in [5.41, 5.74) is 2.16. The first-order chi connectivity index (χ1) is 16.3. The summed E-state index contributed by atoms with van der Waals surface area (Å²) in [5.74, 6) is 0.667. The predicted octanol–water partition coefficient (Wildman–Crippen LogP) is 6.09. The van der Waals surface area contributed by atoms with E-state index in [2.05, 4.69) is 17.0 Å². The van der Waals surface area contributed by atoms with Crippen LogP contribution in [0.15, 0.2) is 82.6 Å². The molecule has 1 amide bonds. The zero-order chi connectivity index (χ0) is 24.6. The number of unbranched alkanes of at least 4 members (excludes halogenated alkanes) is 1. The van der Waals surface area contributed by atoms with Gasteiger partial charge in [-0.1, -0.05) is 31.0 Å². The quantitative estimate of drug-likeness (QED) is 0.247. The molecule has 0 saturated carbocycles. The number of hydrogen-bond donors (Lipinski definition) is 2. The van der Waals surface area contributed by atoms with Gasteiger partial charge in [0.05, 0.1) is 16.8 Å². The van der Waals surface area contributed by atoms with Crippen molar-refractivity contribution in [1.82, 2.24) is 0 Å². The summed E-state index contributed by atoms with van der Waals surface area (Å²) in [6, 6.07) is 21.0. The zero-order valence-electron chi connectivity index (χ0n) is 19.6. The summed E-state index contributed by atoms with van der Waals surface area (Å²) in [6.07, 6.45) is 2.09. The number of rotatable bonds is 11. The first-order valence-electron chi connectivity index (χ1n) is 11.2. The Balaban J connectivity index is 1.53. The summed E-state index contributed by atoms with van der Waals surface area (Å²) >= 11 is 1.40. The Hall–Kier alpha value is -2.97. The zero-order valence-corrected chi connectivity index (χ0v) is 21.2. The predicted molar refractivity (Wildman–Crippen MR) is 139 cm³/mol. The molecule has 0 aliphatic carbocycles. The number of anilines is 2. The van der Waals surface area contributed by atoms with Crippen LogP contribution in [0.5, 0.6) is 5.75 Å². The van der Waals surface area contributed by atoms with Gasteiger partial charge < -0.3 is 10.1 Å². The third-order valence-electron chi connectivity index (χ3n) is 5.01. The van der Waals surface area contributed by atoms with Crippen molar-refractivity contribution in [3.63, 3.8) is 0 Å². The Kier molecular flexibility index (Phi) is 9.01. The van der Waals surface area contributed by atoms with Gasteiger partial charge in [0, 0.05) is 16.3 Å². The minimum absolute atomic E-state index is 0.117.